The summed E-state index contributed by atoms with van der Waals surface area (Å²) in [6.45, 7) is 2.06. The lowest BCUT2D eigenvalue weighted by Gasteiger charge is -1.98. The second kappa shape index (κ2) is 8.80. The lowest BCUT2D eigenvalue weighted by Crippen LogP contribution is -1.82. The SMILES string of the molecule is CCCCC(F)=Cc1ccc(C#Cc2ccc(OC)cc2)cc1. The number of methoxy groups -OCH3 is 1. The third kappa shape index (κ3) is 5.64. The van der Waals surface area contributed by atoms with Crippen LogP contribution < -0.4 is 4.74 Å². The first-order valence-corrected chi connectivity index (χ1v) is 7.83. The van der Waals surface area contributed by atoms with E-state index in [0.717, 1.165) is 35.3 Å². The molecule has 2 aromatic carbocycles. The standard InChI is InChI=1S/C21H21FO/c1-3-4-5-20(22)16-19-10-8-17(9-11-19)6-7-18-12-14-21(23-2)15-13-18/h8-16H,3-5H2,1-2H3. The molecule has 0 aliphatic rings. The summed E-state index contributed by atoms with van der Waals surface area (Å²) >= 11 is 0. The van der Waals surface area contributed by atoms with Gasteiger partial charge in [0.05, 0.1) is 7.11 Å². The maximum atomic E-state index is 13.6. The molecule has 0 atom stereocenters. The fourth-order valence-electron chi connectivity index (χ4n) is 2.08. The van der Waals surface area contributed by atoms with Crippen molar-refractivity contribution in [3.63, 3.8) is 0 Å². The van der Waals surface area contributed by atoms with E-state index in [1.807, 2.05) is 48.5 Å². The summed E-state index contributed by atoms with van der Waals surface area (Å²) in [4.78, 5) is 0. The third-order valence-electron chi connectivity index (χ3n) is 3.44. The highest BCUT2D eigenvalue weighted by atomic mass is 19.1. The Morgan fingerprint density at radius 3 is 2.09 bits per heavy atom. The molecule has 0 fully saturated rings. The highest BCUT2D eigenvalue weighted by Gasteiger charge is 1.96. The second-order valence-corrected chi connectivity index (χ2v) is 5.30. The Morgan fingerprint density at radius 2 is 1.57 bits per heavy atom. The molecular weight excluding hydrogens is 287 g/mol. The summed E-state index contributed by atoms with van der Waals surface area (Å²) in [5, 5.41) is 0. The van der Waals surface area contributed by atoms with Crippen LogP contribution >= 0.6 is 0 Å². The molecule has 23 heavy (non-hydrogen) atoms. The van der Waals surface area contributed by atoms with Gasteiger partial charge in [0, 0.05) is 11.1 Å². The molecule has 0 aromatic heterocycles. The zero-order valence-corrected chi connectivity index (χ0v) is 13.6. The van der Waals surface area contributed by atoms with Crippen molar-refractivity contribution in [3.8, 4) is 17.6 Å². The number of hydrogen-bond donors (Lipinski definition) is 0. The monoisotopic (exact) mass is 308 g/mol. The normalized spacial score (nSPS) is 10.8. The summed E-state index contributed by atoms with van der Waals surface area (Å²) in [6.07, 6.45) is 3.99. The van der Waals surface area contributed by atoms with Crippen molar-refractivity contribution in [1.29, 1.82) is 0 Å². The van der Waals surface area contributed by atoms with Gasteiger partial charge < -0.3 is 4.74 Å². The Kier molecular flexibility index (Phi) is 6.44. The fourth-order valence-corrected chi connectivity index (χ4v) is 2.08. The van der Waals surface area contributed by atoms with Gasteiger partial charge in [0.1, 0.15) is 11.6 Å². The molecular formula is C21H21FO. The molecule has 0 heterocycles. The number of allylic oxidation sites excluding steroid dienone is 1. The van der Waals surface area contributed by atoms with E-state index in [-0.39, 0.29) is 5.83 Å². The average molecular weight is 308 g/mol. The van der Waals surface area contributed by atoms with Gasteiger partial charge in [0.25, 0.3) is 0 Å². The molecule has 0 radical (unpaired) electrons. The van der Waals surface area contributed by atoms with E-state index < -0.39 is 0 Å². The molecule has 0 aliphatic heterocycles. The van der Waals surface area contributed by atoms with Gasteiger partial charge in [-0.1, -0.05) is 37.3 Å². The smallest absolute Gasteiger partial charge is 0.118 e. The Morgan fingerprint density at radius 1 is 1.00 bits per heavy atom. The van der Waals surface area contributed by atoms with E-state index in [0.29, 0.717) is 6.42 Å². The maximum absolute atomic E-state index is 13.6. The minimum Gasteiger partial charge on any atom is -0.497 e. The molecule has 0 bridgehead atoms. The van der Waals surface area contributed by atoms with Crippen molar-refractivity contribution in [1.82, 2.24) is 0 Å². The fraction of sp³-hybridized carbons (Fsp3) is 0.238. The van der Waals surface area contributed by atoms with Gasteiger partial charge in [-0.15, -0.1) is 0 Å². The van der Waals surface area contributed by atoms with Crippen LogP contribution in [-0.4, -0.2) is 7.11 Å². The molecule has 2 aromatic rings. The lowest BCUT2D eigenvalue weighted by molar-refractivity contribution is 0.415. The molecule has 2 heteroatoms. The van der Waals surface area contributed by atoms with Crippen molar-refractivity contribution in [2.45, 2.75) is 26.2 Å². The molecule has 0 unspecified atom stereocenters. The number of hydrogen-bond acceptors (Lipinski definition) is 1. The van der Waals surface area contributed by atoms with Crippen LogP contribution in [0.25, 0.3) is 6.08 Å². The molecule has 0 saturated carbocycles. The summed E-state index contributed by atoms with van der Waals surface area (Å²) < 4.78 is 18.7. The summed E-state index contributed by atoms with van der Waals surface area (Å²) in [5.41, 5.74) is 2.71. The van der Waals surface area contributed by atoms with Crippen LogP contribution in [0.1, 0.15) is 42.9 Å². The van der Waals surface area contributed by atoms with Crippen LogP contribution in [0.3, 0.4) is 0 Å². The quantitative estimate of drug-likeness (QED) is 0.654. The zero-order chi connectivity index (χ0) is 16.5. The van der Waals surface area contributed by atoms with Gasteiger partial charge in [0.2, 0.25) is 0 Å². The van der Waals surface area contributed by atoms with Gasteiger partial charge in [0.15, 0.2) is 0 Å². The van der Waals surface area contributed by atoms with E-state index in [9.17, 15) is 4.39 Å². The summed E-state index contributed by atoms with van der Waals surface area (Å²) in [5.74, 6) is 6.96. The predicted molar refractivity (Wildman–Crippen MR) is 94.0 cm³/mol. The van der Waals surface area contributed by atoms with E-state index in [4.69, 9.17) is 4.74 Å². The Bertz CT molecular complexity index is 700. The first kappa shape index (κ1) is 16.8. The molecule has 0 aliphatic carbocycles. The van der Waals surface area contributed by atoms with E-state index in [1.165, 1.54) is 0 Å². The Balaban J connectivity index is 2.04. The topological polar surface area (TPSA) is 9.23 Å². The first-order valence-electron chi connectivity index (χ1n) is 7.83. The van der Waals surface area contributed by atoms with Gasteiger partial charge in [-0.25, -0.2) is 4.39 Å². The van der Waals surface area contributed by atoms with Crippen molar-refractivity contribution in [3.05, 3.63) is 71.0 Å². The Labute approximate surface area is 137 Å². The molecule has 2 rings (SSSR count). The molecule has 0 amide bonds. The molecule has 0 N–H and O–H groups in total. The van der Waals surface area contributed by atoms with Crippen LogP contribution in [0.4, 0.5) is 4.39 Å². The van der Waals surface area contributed by atoms with Crippen LogP contribution in [-0.2, 0) is 0 Å². The highest BCUT2D eigenvalue weighted by Crippen LogP contribution is 2.15. The largest absolute Gasteiger partial charge is 0.497 e. The summed E-state index contributed by atoms with van der Waals surface area (Å²) in [7, 11) is 1.64. The van der Waals surface area contributed by atoms with Crippen molar-refractivity contribution >= 4 is 6.08 Å². The number of benzene rings is 2. The zero-order valence-electron chi connectivity index (χ0n) is 13.6. The van der Waals surface area contributed by atoms with Crippen LogP contribution in [0.15, 0.2) is 54.4 Å². The van der Waals surface area contributed by atoms with Crippen LogP contribution in [0.5, 0.6) is 5.75 Å². The highest BCUT2D eigenvalue weighted by molar-refractivity contribution is 5.53. The van der Waals surface area contributed by atoms with Crippen LogP contribution in [0.2, 0.25) is 0 Å². The van der Waals surface area contributed by atoms with Crippen LogP contribution in [0, 0.1) is 11.8 Å². The van der Waals surface area contributed by atoms with Crippen molar-refractivity contribution in [2.24, 2.45) is 0 Å². The first-order chi connectivity index (χ1) is 11.2. The molecule has 1 nitrogen and oxygen atoms in total. The molecule has 118 valence electrons. The van der Waals surface area contributed by atoms with Gasteiger partial charge >= 0.3 is 0 Å². The van der Waals surface area contributed by atoms with Gasteiger partial charge in [-0.2, -0.15) is 0 Å². The molecule has 0 spiro atoms. The Hall–Kier alpha value is -2.53. The molecule has 0 saturated heterocycles. The second-order valence-electron chi connectivity index (χ2n) is 5.30. The minimum absolute atomic E-state index is 0.0658. The number of ether oxygens (including phenoxy) is 1. The van der Waals surface area contributed by atoms with E-state index in [2.05, 4.69) is 18.8 Å². The number of rotatable bonds is 5. The minimum atomic E-state index is -0.0658. The van der Waals surface area contributed by atoms with E-state index in [1.54, 1.807) is 13.2 Å². The maximum Gasteiger partial charge on any atom is 0.118 e. The van der Waals surface area contributed by atoms with Crippen molar-refractivity contribution in [2.75, 3.05) is 7.11 Å². The van der Waals surface area contributed by atoms with Gasteiger partial charge in [-0.05, 0) is 60.9 Å². The van der Waals surface area contributed by atoms with Crippen molar-refractivity contribution < 1.29 is 9.13 Å². The predicted octanol–water partition coefficient (Wildman–Crippen LogP) is 5.60. The number of halogens is 1. The summed E-state index contributed by atoms with van der Waals surface area (Å²) in [6, 6.07) is 15.2. The third-order valence-corrected chi connectivity index (χ3v) is 3.44. The van der Waals surface area contributed by atoms with E-state index >= 15 is 0 Å². The lowest BCUT2D eigenvalue weighted by atomic mass is 10.1. The average Bonchev–Trinajstić information content (AvgIpc) is 2.60. The van der Waals surface area contributed by atoms with Gasteiger partial charge in [-0.3, -0.25) is 0 Å². The number of unbranched alkanes of at least 4 members (excludes halogenated alkanes) is 1.